The largest absolute Gasteiger partial charge is 0.381 e. The fourth-order valence-electron chi connectivity index (χ4n) is 3.45. The van der Waals surface area contributed by atoms with Crippen molar-refractivity contribution in [1.82, 2.24) is 14.6 Å². The molecule has 0 spiro atoms. The van der Waals surface area contributed by atoms with Crippen molar-refractivity contribution >= 4 is 23.1 Å². The van der Waals surface area contributed by atoms with Gasteiger partial charge in [-0.2, -0.15) is 0 Å². The molecule has 1 aliphatic rings. The highest BCUT2D eigenvalue weighted by Crippen LogP contribution is 2.25. The van der Waals surface area contributed by atoms with Crippen LogP contribution in [0.25, 0.3) is 16.9 Å². The molecule has 5 nitrogen and oxygen atoms in total. The number of methoxy groups -OCH3 is 1. The minimum atomic E-state index is 0.400. The Bertz CT molecular complexity index is 871. The van der Waals surface area contributed by atoms with Gasteiger partial charge in [-0.25, -0.2) is 9.50 Å². The van der Waals surface area contributed by atoms with Crippen LogP contribution in [0, 0.1) is 0 Å². The van der Waals surface area contributed by atoms with Crippen molar-refractivity contribution in [3.8, 4) is 11.3 Å². The molecular formula is C19H21ClN4O. The molecule has 1 aromatic carbocycles. The van der Waals surface area contributed by atoms with Crippen LogP contribution in [-0.2, 0) is 4.74 Å². The van der Waals surface area contributed by atoms with E-state index in [0.717, 1.165) is 48.4 Å². The van der Waals surface area contributed by atoms with Gasteiger partial charge in [0.05, 0.1) is 18.0 Å². The van der Waals surface area contributed by atoms with Crippen LogP contribution in [0.4, 0.5) is 5.82 Å². The topological polar surface area (TPSA) is 51.5 Å². The molecule has 0 atom stereocenters. The standard InChI is InChI=1S/C19H21ClN4O/c1-25-16-7-5-15(6-8-16)22-18-9-10-19-21-12-17(24(19)23-18)13-3-2-4-14(20)11-13/h2-4,9-12,15-16H,5-8H2,1H3,(H,22,23). The van der Waals surface area contributed by atoms with Gasteiger partial charge in [-0.3, -0.25) is 0 Å². The van der Waals surface area contributed by atoms with E-state index >= 15 is 0 Å². The maximum atomic E-state index is 6.12. The lowest BCUT2D eigenvalue weighted by atomic mass is 9.93. The average molecular weight is 357 g/mol. The first kappa shape index (κ1) is 16.4. The molecule has 0 bridgehead atoms. The number of hydrogen-bond acceptors (Lipinski definition) is 4. The Balaban J connectivity index is 1.58. The number of nitrogens with zero attached hydrogens (tertiary/aromatic N) is 3. The minimum absolute atomic E-state index is 0.400. The van der Waals surface area contributed by atoms with Crippen molar-refractivity contribution < 1.29 is 4.74 Å². The van der Waals surface area contributed by atoms with Crippen molar-refractivity contribution in [2.45, 2.75) is 37.8 Å². The summed E-state index contributed by atoms with van der Waals surface area (Å²) in [5.41, 5.74) is 2.76. The average Bonchev–Trinajstić information content (AvgIpc) is 3.06. The molecule has 0 aliphatic heterocycles. The number of hydrogen-bond donors (Lipinski definition) is 1. The van der Waals surface area contributed by atoms with E-state index in [1.807, 2.05) is 47.1 Å². The van der Waals surface area contributed by atoms with Gasteiger partial charge in [-0.1, -0.05) is 23.7 Å². The van der Waals surface area contributed by atoms with Gasteiger partial charge in [0.2, 0.25) is 0 Å². The molecule has 2 heterocycles. The SMILES string of the molecule is COC1CCC(Nc2ccc3ncc(-c4cccc(Cl)c4)n3n2)CC1. The van der Waals surface area contributed by atoms with E-state index in [-0.39, 0.29) is 0 Å². The lowest BCUT2D eigenvalue weighted by Gasteiger charge is -2.28. The summed E-state index contributed by atoms with van der Waals surface area (Å²) in [6.07, 6.45) is 6.62. The predicted octanol–water partition coefficient (Wildman–Crippen LogP) is 4.42. The van der Waals surface area contributed by atoms with E-state index in [0.29, 0.717) is 17.2 Å². The van der Waals surface area contributed by atoms with Crippen LogP contribution in [0.2, 0.25) is 5.02 Å². The van der Waals surface area contributed by atoms with Crippen molar-refractivity contribution in [3.63, 3.8) is 0 Å². The Labute approximate surface area is 152 Å². The summed E-state index contributed by atoms with van der Waals surface area (Å²) in [4.78, 5) is 4.45. The molecule has 2 aromatic heterocycles. The summed E-state index contributed by atoms with van der Waals surface area (Å²) >= 11 is 6.12. The quantitative estimate of drug-likeness (QED) is 0.751. The van der Waals surface area contributed by atoms with Crippen LogP contribution in [0.1, 0.15) is 25.7 Å². The first-order valence-corrected chi connectivity index (χ1v) is 9.01. The van der Waals surface area contributed by atoms with Crippen LogP contribution >= 0.6 is 11.6 Å². The van der Waals surface area contributed by atoms with E-state index in [9.17, 15) is 0 Å². The molecule has 6 heteroatoms. The zero-order chi connectivity index (χ0) is 17.2. The summed E-state index contributed by atoms with van der Waals surface area (Å²) in [6.45, 7) is 0. The Morgan fingerprint density at radius 2 is 2.00 bits per heavy atom. The molecule has 0 unspecified atom stereocenters. The Morgan fingerprint density at radius 3 is 2.76 bits per heavy atom. The van der Waals surface area contributed by atoms with E-state index in [4.69, 9.17) is 21.4 Å². The molecule has 0 amide bonds. The van der Waals surface area contributed by atoms with Gasteiger partial charge in [0.25, 0.3) is 0 Å². The second-order valence-electron chi connectivity index (χ2n) is 6.50. The summed E-state index contributed by atoms with van der Waals surface area (Å²) in [6, 6.07) is 12.2. The Kier molecular flexibility index (Phi) is 4.59. The van der Waals surface area contributed by atoms with E-state index in [1.165, 1.54) is 0 Å². The van der Waals surface area contributed by atoms with Gasteiger partial charge in [-0.05, 0) is 49.9 Å². The van der Waals surface area contributed by atoms with Gasteiger partial charge < -0.3 is 10.1 Å². The van der Waals surface area contributed by atoms with Gasteiger partial charge in [-0.15, -0.1) is 5.10 Å². The predicted molar refractivity (Wildman–Crippen MR) is 100 cm³/mol. The van der Waals surface area contributed by atoms with Crippen LogP contribution in [0.5, 0.6) is 0 Å². The maximum Gasteiger partial charge on any atom is 0.154 e. The second-order valence-corrected chi connectivity index (χ2v) is 6.93. The van der Waals surface area contributed by atoms with Crippen molar-refractivity contribution in [1.29, 1.82) is 0 Å². The number of nitrogens with one attached hydrogen (secondary N) is 1. The third kappa shape index (κ3) is 3.48. The van der Waals surface area contributed by atoms with Crippen LogP contribution < -0.4 is 5.32 Å². The molecule has 1 aliphatic carbocycles. The second kappa shape index (κ2) is 7.02. The molecule has 3 aromatic rings. The third-order valence-corrected chi connectivity index (χ3v) is 5.08. The zero-order valence-electron chi connectivity index (χ0n) is 14.2. The van der Waals surface area contributed by atoms with Gasteiger partial charge in [0, 0.05) is 23.7 Å². The summed E-state index contributed by atoms with van der Waals surface area (Å²) < 4.78 is 7.31. The number of benzene rings is 1. The lowest BCUT2D eigenvalue weighted by molar-refractivity contribution is 0.0681. The normalized spacial score (nSPS) is 20.7. The van der Waals surface area contributed by atoms with Crippen molar-refractivity contribution in [2.75, 3.05) is 12.4 Å². The first-order valence-electron chi connectivity index (χ1n) is 8.63. The molecule has 1 saturated carbocycles. The summed E-state index contributed by atoms with van der Waals surface area (Å²) in [7, 11) is 1.80. The molecule has 0 saturated heterocycles. The van der Waals surface area contributed by atoms with Crippen LogP contribution in [0.3, 0.4) is 0 Å². The van der Waals surface area contributed by atoms with Gasteiger partial charge in [0.1, 0.15) is 5.82 Å². The van der Waals surface area contributed by atoms with Gasteiger partial charge >= 0.3 is 0 Å². The Hall–Kier alpha value is -2.11. The zero-order valence-corrected chi connectivity index (χ0v) is 14.9. The highest BCUT2D eigenvalue weighted by molar-refractivity contribution is 6.30. The summed E-state index contributed by atoms with van der Waals surface area (Å²) in [5, 5.41) is 9.00. The lowest BCUT2D eigenvalue weighted by Crippen LogP contribution is -2.29. The number of rotatable bonds is 4. The molecular weight excluding hydrogens is 336 g/mol. The van der Waals surface area contributed by atoms with Crippen molar-refractivity contribution in [3.05, 3.63) is 47.6 Å². The van der Waals surface area contributed by atoms with E-state index in [1.54, 1.807) is 7.11 Å². The van der Waals surface area contributed by atoms with Crippen LogP contribution in [0.15, 0.2) is 42.6 Å². The number of anilines is 1. The minimum Gasteiger partial charge on any atom is -0.381 e. The monoisotopic (exact) mass is 356 g/mol. The molecule has 1 N–H and O–H groups in total. The fraction of sp³-hybridized carbons (Fsp3) is 0.368. The molecule has 130 valence electrons. The molecule has 4 rings (SSSR count). The van der Waals surface area contributed by atoms with E-state index in [2.05, 4.69) is 10.3 Å². The molecule has 0 radical (unpaired) electrons. The molecule has 25 heavy (non-hydrogen) atoms. The highest BCUT2D eigenvalue weighted by atomic mass is 35.5. The number of fused-ring (bicyclic) bond motifs is 1. The maximum absolute atomic E-state index is 6.12. The van der Waals surface area contributed by atoms with E-state index < -0.39 is 0 Å². The Morgan fingerprint density at radius 1 is 1.16 bits per heavy atom. The number of aromatic nitrogens is 3. The fourth-order valence-corrected chi connectivity index (χ4v) is 3.64. The number of ether oxygens (including phenoxy) is 1. The summed E-state index contributed by atoms with van der Waals surface area (Å²) in [5.74, 6) is 0.870. The number of halogens is 1. The smallest absolute Gasteiger partial charge is 0.154 e. The van der Waals surface area contributed by atoms with Crippen LogP contribution in [-0.4, -0.2) is 33.9 Å². The van der Waals surface area contributed by atoms with Gasteiger partial charge in [0.15, 0.2) is 5.65 Å². The third-order valence-electron chi connectivity index (χ3n) is 4.84. The number of imidazole rings is 1. The molecule has 1 fully saturated rings. The van der Waals surface area contributed by atoms with Crippen molar-refractivity contribution in [2.24, 2.45) is 0 Å². The highest BCUT2D eigenvalue weighted by Gasteiger charge is 2.21. The first-order chi connectivity index (χ1) is 12.2.